The van der Waals surface area contributed by atoms with Crippen LogP contribution in [0, 0.1) is 0 Å². The van der Waals surface area contributed by atoms with E-state index in [9.17, 15) is 4.79 Å². The summed E-state index contributed by atoms with van der Waals surface area (Å²) < 4.78 is 0. The van der Waals surface area contributed by atoms with Crippen molar-refractivity contribution in [2.45, 2.75) is 32.7 Å². The van der Waals surface area contributed by atoms with Gasteiger partial charge in [0.05, 0.1) is 0 Å². The number of carbonyl (C=O) groups excluding carboxylic acids is 1. The number of hydrogen-bond acceptors (Lipinski definition) is 5. The largest absolute Gasteiger partial charge is 0.372 e. The molecule has 1 aromatic heterocycles. The smallest absolute Gasteiger partial charge is 0.270 e. The number of carbonyl (C=O) groups is 1. The average molecular weight is 325 g/mol. The minimum Gasteiger partial charge on any atom is -0.372 e. The monoisotopic (exact) mass is 325 g/mol. The third-order valence-electron chi connectivity index (χ3n) is 4.05. The van der Waals surface area contributed by atoms with Crippen LogP contribution in [0.4, 0.5) is 17.3 Å². The van der Waals surface area contributed by atoms with E-state index in [4.69, 9.17) is 0 Å². The summed E-state index contributed by atoms with van der Waals surface area (Å²) in [5, 5.41) is 6.08. The lowest BCUT2D eigenvalue weighted by Crippen LogP contribution is -2.26. The summed E-state index contributed by atoms with van der Waals surface area (Å²) in [5.41, 5.74) is 2.47. The summed E-state index contributed by atoms with van der Waals surface area (Å²) in [6, 6.07) is 10.1. The summed E-state index contributed by atoms with van der Waals surface area (Å²) in [6.45, 7) is 6.23. The molecular formula is C18H23N5O. The fraction of sp³-hybridized carbons (Fsp3) is 0.389. The summed E-state index contributed by atoms with van der Waals surface area (Å²) in [5.74, 6) is 0.286. The van der Waals surface area contributed by atoms with Gasteiger partial charge in [0.25, 0.3) is 5.91 Å². The maximum Gasteiger partial charge on any atom is 0.270 e. The van der Waals surface area contributed by atoms with E-state index in [-0.39, 0.29) is 5.91 Å². The SMILES string of the molecule is CCN(CC)c1ccc(Nc2nccc(C(=O)NC3CC3)n2)cc1. The topological polar surface area (TPSA) is 70.2 Å². The minimum absolute atomic E-state index is 0.139. The number of nitrogens with zero attached hydrogens (tertiary/aromatic N) is 3. The highest BCUT2D eigenvalue weighted by Gasteiger charge is 2.24. The van der Waals surface area contributed by atoms with Gasteiger partial charge in [0.15, 0.2) is 0 Å². The van der Waals surface area contributed by atoms with Crippen LogP contribution in [0.2, 0.25) is 0 Å². The second-order valence-electron chi connectivity index (χ2n) is 5.86. The Morgan fingerprint density at radius 2 is 1.88 bits per heavy atom. The Kier molecular flexibility index (Phi) is 4.93. The van der Waals surface area contributed by atoms with E-state index in [2.05, 4.69) is 51.5 Å². The zero-order valence-corrected chi connectivity index (χ0v) is 14.1. The third kappa shape index (κ3) is 4.01. The highest BCUT2D eigenvalue weighted by atomic mass is 16.2. The molecule has 3 rings (SSSR count). The van der Waals surface area contributed by atoms with Gasteiger partial charge in [-0.1, -0.05) is 0 Å². The quantitative estimate of drug-likeness (QED) is 0.819. The van der Waals surface area contributed by atoms with Crippen molar-refractivity contribution in [1.82, 2.24) is 15.3 Å². The van der Waals surface area contributed by atoms with E-state index >= 15 is 0 Å². The van der Waals surface area contributed by atoms with Crippen LogP contribution in [0.1, 0.15) is 37.2 Å². The lowest BCUT2D eigenvalue weighted by atomic mass is 10.2. The minimum atomic E-state index is -0.139. The van der Waals surface area contributed by atoms with Crippen LogP contribution >= 0.6 is 0 Å². The Morgan fingerprint density at radius 3 is 2.50 bits per heavy atom. The van der Waals surface area contributed by atoms with Gasteiger partial charge in [-0.05, 0) is 57.0 Å². The van der Waals surface area contributed by atoms with E-state index in [1.54, 1.807) is 12.3 Å². The summed E-state index contributed by atoms with van der Waals surface area (Å²) in [6.07, 6.45) is 3.71. The van der Waals surface area contributed by atoms with Gasteiger partial charge in [-0.3, -0.25) is 4.79 Å². The Hall–Kier alpha value is -2.63. The van der Waals surface area contributed by atoms with Crippen molar-refractivity contribution in [3.8, 4) is 0 Å². The molecule has 1 amide bonds. The molecule has 2 N–H and O–H groups in total. The van der Waals surface area contributed by atoms with Crippen LogP contribution in [0.3, 0.4) is 0 Å². The van der Waals surface area contributed by atoms with Gasteiger partial charge in [0.1, 0.15) is 5.69 Å². The molecule has 6 nitrogen and oxygen atoms in total. The van der Waals surface area contributed by atoms with Crippen molar-refractivity contribution in [3.05, 3.63) is 42.2 Å². The third-order valence-corrected chi connectivity index (χ3v) is 4.05. The van der Waals surface area contributed by atoms with Gasteiger partial charge >= 0.3 is 0 Å². The normalized spacial score (nSPS) is 13.4. The van der Waals surface area contributed by atoms with Crippen LogP contribution in [0.25, 0.3) is 0 Å². The summed E-state index contributed by atoms with van der Waals surface area (Å²) >= 11 is 0. The van der Waals surface area contributed by atoms with Gasteiger partial charge in [0, 0.05) is 36.7 Å². The first-order valence-corrected chi connectivity index (χ1v) is 8.45. The molecule has 1 aliphatic carbocycles. The summed E-state index contributed by atoms with van der Waals surface area (Å²) in [7, 11) is 0. The van der Waals surface area contributed by atoms with Crippen molar-refractivity contribution in [1.29, 1.82) is 0 Å². The number of aromatic nitrogens is 2. The molecule has 2 aromatic rings. The van der Waals surface area contributed by atoms with Gasteiger partial charge in [-0.15, -0.1) is 0 Å². The number of hydrogen-bond donors (Lipinski definition) is 2. The molecule has 1 aromatic carbocycles. The number of amides is 1. The molecule has 6 heteroatoms. The van der Waals surface area contributed by atoms with Crippen LogP contribution < -0.4 is 15.5 Å². The molecule has 0 saturated heterocycles. The first kappa shape index (κ1) is 16.2. The summed E-state index contributed by atoms with van der Waals surface area (Å²) in [4.78, 5) is 22.8. The molecule has 0 aliphatic heterocycles. The van der Waals surface area contributed by atoms with E-state index in [1.165, 1.54) is 5.69 Å². The van der Waals surface area contributed by atoms with E-state index in [0.717, 1.165) is 31.6 Å². The Morgan fingerprint density at radius 1 is 1.17 bits per heavy atom. The van der Waals surface area contributed by atoms with Crippen molar-refractivity contribution in [3.63, 3.8) is 0 Å². The zero-order chi connectivity index (χ0) is 16.9. The highest BCUT2D eigenvalue weighted by molar-refractivity contribution is 5.92. The van der Waals surface area contributed by atoms with Crippen LogP contribution in [-0.4, -0.2) is 35.0 Å². The first-order chi connectivity index (χ1) is 11.7. The maximum absolute atomic E-state index is 12.1. The van der Waals surface area contributed by atoms with E-state index in [0.29, 0.717) is 17.7 Å². The van der Waals surface area contributed by atoms with Crippen LogP contribution in [0.5, 0.6) is 0 Å². The molecule has 0 radical (unpaired) electrons. The Balaban J connectivity index is 1.68. The molecule has 1 saturated carbocycles. The number of benzene rings is 1. The molecule has 0 unspecified atom stereocenters. The van der Waals surface area contributed by atoms with Crippen molar-refractivity contribution < 1.29 is 4.79 Å². The van der Waals surface area contributed by atoms with Crippen LogP contribution in [-0.2, 0) is 0 Å². The Labute approximate surface area is 142 Å². The van der Waals surface area contributed by atoms with Gasteiger partial charge < -0.3 is 15.5 Å². The van der Waals surface area contributed by atoms with Crippen molar-refractivity contribution in [2.24, 2.45) is 0 Å². The number of rotatable bonds is 7. The molecule has 0 atom stereocenters. The molecular weight excluding hydrogens is 302 g/mol. The maximum atomic E-state index is 12.1. The fourth-order valence-corrected chi connectivity index (χ4v) is 2.51. The fourth-order valence-electron chi connectivity index (χ4n) is 2.51. The van der Waals surface area contributed by atoms with Crippen LogP contribution in [0.15, 0.2) is 36.5 Å². The molecule has 1 heterocycles. The van der Waals surface area contributed by atoms with Gasteiger partial charge in [0.2, 0.25) is 5.95 Å². The van der Waals surface area contributed by atoms with E-state index < -0.39 is 0 Å². The average Bonchev–Trinajstić information content (AvgIpc) is 3.42. The second-order valence-corrected chi connectivity index (χ2v) is 5.86. The number of nitrogens with one attached hydrogen (secondary N) is 2. The predicted octanol–water partition coefficient (Wildman–Crippen LogP) is 2.96. The zero-order valence-electron chi connectivity index (χ0n) is 14.1. The molecule has 1 aliphatic rings. The highest BCUT2D eigenvalue weighted by Crippen LogP contribution is 2.21. The van der Waals surface area contributed by atoms with Crippen molar-refractivity contribution in [2.75, 3.05) is 23.3 Å². The second kappa shape index (κ2) is 7.29. The van der Waals surface area contributed by atoms with Crippen molar-refractivity contribution >= 4 is 23.2 Å². The molecule has 24 heavy (non-hydrogen) atoms. The molecule has 0 spiro atoms. The van der Waals surface area contributed by atoms with Gasteiger partial charge in [-0.2, -0.15) is 0 Å². The first-order valence-electron chi connectivity index (χ1n) is 8.45. The Bertz CT molecular complexity index is 693. The lowest BCUT2D eigenvalue weighted by molar-refractivity contribution is 0.0946. The molecule has 126 valence electrons. The molecule has 0 bridgehead atoms. The van der Waals surface area contributed by atoms with Gasteiger partial charge in [-0.25, -0.2) is 9.97 Å². The predicted molar refractivity (Wildman–Crippen MR) is 95.8 cm³/mol. The molecule has 1 fully saturated rings. The lowest BCUT2D eigenvalue weighted by Gasteiger charge is -2.21. The van der Waals surface area contributed by atoms with E-state index in [1.807, 2.05) is 12.1 Å². The standard InChI is InChI=1S/C18H23N5O/c1-3-23(4-2)15-9-7-14(8-10-15)21-18-19-12-11-16(22-18)17(24)20-13-5-6-13/h7-13H,3-6H2,1-2H3,(H,20,24)(H,19,21,22). The number of anilines is 3.